The summed E-state index contributed by atoms with van der Waals surface area (Å²) in [6.07, 6.45) is 4.99. The van der Waals surface area contributed by atoms with Gasteiger partial charge in [-0.1, -0.05) is 31.5 Å². The van der Waals surface area contributed by atoms with Crippen LogP contribution in [0.4, 0.5) is 0 Å². The number of nitriles is 1. The van der Waals surface area contributed by atoms with Crippen molar-refractivity contribution < 1.29 is 0 Å². The van der Waals surface area contributed by atoms with Gasteiger partial charge in [-0.25, -0.2) is 4.68 Å². The molecule has 0 atom stereocenters. The third-order valence-electron chi connectivity index (χ3n) is 4.57. The first kappa shape index (κ1) is 16.8. The van der Waals surface area contributed by atoms with Gasteiger partial charge in [-0.15, -0.1) is 0 Å². The quantitative estimate of drug-likeness (QED) is 0.609. The van der Waals surface area contributed by atoms with E-state index in [-0.39, 0.29) is 11.5 Å². The molecule has 4 aromatic rings. The van der Waals surface area contributed by atoms with Gasteiger partial charge in [0.1, 0.15) is 11.6 Å². The number of hydrogen-bond acceptors (Lipinski definition) is 4. The van der Waals surface area contributed by atoms with Gasteiger partial charge in [-0.3, -0.25) is 4.79 Å². The van der Waals surface area contributed by atoms with Crippen LogP contribution in [0.2, 0.25) is 0 Å². The molecule has 7 heteroatoms. The number of aromatic nitrogens is 5. The summed E-state index contributed by atoms with van der Waals surface area (Å²) in [7, 11) is 0. The van der Waals surface area contributed by atoms with Crippen LogP contribution in [0.5, 0.6) is 0 Å². The van der Waals surface area contributed by atoms with Crippen LogP contribution in [0.25, 0.3) is 22.6 Å². The monoisotopic (exact) mass is 358 g/mol. The predicted molar refractivity (Wildman–Crippen MR) is 102 cm³/mol. The first-order valence-electron chi connectivity index (χ1n) is 8.65. The molecule has 0 radical (unpaired) electrons. The molecule has 0 aliphatic heterocycles. The standard InChI is InChI=1S/C20H18N6O/c1-12(2)17-18(24-19-14(8-21)9-23-26(19)20(17)27)15-10-22-25(11-15)16-6-4-13(3)5-7-16/h4-7,9-12,24H,1-3H3. The van der Waals surface area contributed by atoms with E-state index >= 15 is 0 Å². The summed E-state index contributed by atoms with van der Waals surface area (Å²) in [5, 5.41) is 17.8. The highest BCUT2D eigenvalue weighted by molar-refractivity contribution is 5.67. The van der Waals surface area contributed by atoms with Crippen LogP contribution < -0.4 is 5.56 Å². The third kappa shape index (κ3) is 2.72. The van der Waals surface area contributed by atoms with Crippen LogP contribution in [0.3, 0.4) is 0 Å². The van der Waals surface area contributed by atoms with Crippen molar-refractivity contribution in [1.29, 1.82) is 5.26 Å². The molecule has 1 aromatic carbocycles. The molecule has 0 amide bonds. The average Bonchev–Trinajstić information content (AvgIpc) is 3.28. The van der Waals surface area contributed by atoms with Crippen LogP contribution in [0.15, 0.2) is 47.7 Å². The van der Waals surface area contributed by atoms with Crippen molar-refractivity contribution in [3.63, 3.8) is 0 Å². The fourth-order valence-corrected chi connectivity index (χ4v) is 3.17. The molecular formula is C20H18N6O. The SMILES string of the molecule is Cc1ccc(-n2cc(-c3[nH]c4c(C#N)cnn4c(=O)c3C(C)C)cn2)cc1. The van der Waals surface area contributed by atoms with Crippen LogP contribution in [-0.2, 0) is 0 Å². The molecule has 0 saturated heterocycles. The molecule has 3 aromatic heterocycles. The normalized spacial score (nSPS) is 11.2. The fourth-order valence-electron chi connectivity index (χ4n) is 3.17. The summed E-state index contributed by atoms with van der Waals surface area (Å²) in [6.45, 7) is 5.95. The molecule has 1 N–H and O–H groups in total. The molecule has 0 unspecified atom stereocenters. The summed E-state index contributed by atoms with van der Waals surface area (Å²) in [5.74, 6) is -0.0226. The van der Waals surface area contributed by atoms with Gasteiger partial charge in [0.05, 0.1) is 23.8 Å². The van der Waals surface area contributed by atoms with E-state index < -0.39 is 0 Å². The number of H-pyrrole nitrogens is 1. The van der Waals surface area contributed by atoms with Crippen molar-refractivity contribution >= 4 is 5.65 Å². The summed E-state index contributed by atoms with van der Waals surface area (Å²) >= 11 is 0. The number of nitrogens with zero attached hydrogens (tertiary/aromatic N) is 5. The highest BCUT2D eigenvalue weighted by Crippen LogP contribution is 2.26. The van der Waals surface area contributed by atoms with E-state index in [2.05, 4.69) is 21.3 Å². The molecule has 4 rings (SSSR count). The lowest BCUT2D eigenvalue weighted by Crippen LogP contribution is -2.22. The Labute approximate surface area is 155 Å². The van der Waals surface area contributed by atoms with Gasteiger partial charge in [-0.2, -0.15) is 20.0 Å². The Morgan fingerprint density at radius 3 is 2.56 bits per heavy atom. The summed E-state index contributed by atoms with van der Waals surface area (Å²) in [5.41, 5.74) is 4.66. The minimum absolute atomic E-state index is 0.0226. The lowest BCUT2D eigenvalue weighted by atomic mass is 10.00. The van der Waals surface area contributed by atoms with Gasteiger partial charge in [-0.05, 0) is 25.0 Å². The maximum atomic E-state index is 13.0. The largest absolute Gasteiger partial charge is 0.338 e. The van der Waals surface area contributed by atoms with Crippen molar-refractivity contribution in [2.45, 2.75) is 26.7 Å². The average molecular weight is 358 g/mol. The molecule has 27 heavy (non-hydrogen) atoms. The smallest absolute Gasteiger partial charge is 0.278 e. The molecule has 0 aliphatic rings. The van der Waals surface area contributed by atoms with Crippen molar-refractivity contribution in [2.75, 3.05) is 0 Å². The van der Waals surface area contributed by atoms with Gasteiger partial charge in [0.2, 0.25) is 0 Å². The topological polar surface area (TPSA) is 91.8 Å². The lowest BCUT2D eigenvalue weighted by Gasteiger charge is -2.11. The van der Waals surface area contributed by atoms with E-state index in [1.165, 1.54) is 16.3 Å². The molecule has 0 aliphatic carbocycles. The van der Waals surface area contributed by atoms with Crippen molar-refractivity contribution in [3.05, 3.63) is 69.9 Å². The van der Waals surface area contributed by atoms with Gasteiger partial charge in [0.15, 0.2) is 5.65 Å². The van der Waals surface area contributed by atoms with Crippen molar-refractivity contribution in [2.24, 2.45) is 0 Å². The second-order valence-corrected chi connectivity index (χ2v) is 6.81. The first-order valence-corrected chi connectivity index (χ1v) is 8.65. The van der Waals surface area contributed by atoms with Crippen LogP contribution >= 0.6 is 0 Å². The Morgan fingerprint density at radius 2 is 1.89 bits per heavy atom. The van der Waals surface area contributed by atoms with Crippen LogP contribution in [-0.4, -0.2) is 24.4 Å². The number of rotatable bonds is 3. The Morgan fingerprint density at radius 1 is 1.15 bits per heavy atom. The van der Waals surface area contributed by atoms with Crippen LogP contribution in [0.1, 0.15) is 36.5 Å². The highest BCUT2D eigenvalue weighted by Gasteiger charge is 2.20. The minimum Gasteiger partial charge on any atom is -0.338 e. The van der Waals surface area contributed by atoms with Gasteiger partial charge >= 0.3 is 0 Å². The summed E-state index contributed by atoms with van der Waals surface area (Å²) in [6, 6.07) is 10.1. The number of nitrogens with one attached hydrogen (secondary N) is 1. The molecule has 0 spiro atoms. The molecule has 7 nitrogen and oxygen atoms in total. The Bertz CT molecular complexity index is 1230. The van der Waals surface area contributed by atoms with E-state index in [4.69, 9.17) is 0 Å². The molecule has 0 saturated carbocycles. The number of aryl methyl sites for hydroxylation is 1. The molecule has 0 fully saturated rings. The molecule has 3 heterocycles. The summed E-state index contributed by atoms with van der Waals surface area (Å²) < 4.78 is 3.02. The zero-order valence-electron chi connectivity index (χ0n) is 15.3. The molecule has 134 valence electrons. The van der Waals surface area contributed by atoms with Crippen LogP contribution in [0, 0.1) is 18.3 Å². The van der Waals surface area contributed by atoms with E-state index in [0.717, 1.165) is 11.3 Å². The van der Waals surface area contributed by atoms with E-state index in [0.29, 0.717) is 22.5 Å². The Kier molecular flexibility index (Phi) is 3.89. The third-order valence-corrected chi connectivity index (χ3v) is 4.57. The number of aromatic amines is 1. The molecular weight excluding hydrogens is 340 g/mol. The van der Waals surface area contributed by atoms with Gasteiger partial charge in [0, 0.05) is 17.3 Å². The lowest BCUT2D eigenvalue weighted by molar-refractivity contribution is 0.797. The maximum Gasteiger partial charge on any atom is 0.278 e. The van der Waals surface area contributed by atoms with Gasteiger partial charge in [0.25, 0.3) is 5.56 Å². The highest BCUT2D eigenvalue weighted by atomic mass is 16.1. The molecule has 0 bridgehead atoms. The van der Waals surface area contributed by atoms with E-state index in [9.17, 15) is 10.1 Å². The minimum atomic E-state index is -0.224. The second kappa shape index (κ2) is 6.25. The predicted octanol–water partition coefficient (Wildman–Crippen LogP) is 3.18. The maximum absolute atomic E-state index is 13.0. The zero-order chi connectivity index (χ0) is 19.1. The van der Waals surface area contributed by atoms with E-state index in [1.54, 1.807) is 10.9 Å². The summed E-state index contributed by atoms with van der Waals surface area (Å²) in [4.78, 5) is 16.2. The second-order valence-electron chi connectivity index (χ2n) is 6.81. The fraction of sp³-hybridized carbons (Fsp3) is 0.200. The zero-order valence-corrected chi connectivity index (χ0v) is 15.3. The van der Waals surface area contributed by atoms with Crippen molar-refractivity contribution in [1.82, 2.24) is 24.4 Å². The number of hydrogen-bond donors (Lipinski definition) is 1. The van der Waals surface area contributed by atoms with Crippen molar-refractivity contribution in [3.8, 4) is 23.0 Å². The number of fused-ring (bicyclic) bond motifs is 1. The first-order chi connectivity index (χ1) is 13.0. The Balaban J connectivity index is 1.93. The van der Waals surface area contributed by atoms with E-state index in [1.807, 2.05) is 51.2 Å². The van der Waals surface area contributed by atoms with Gasteiger partial charge < -0.3 is 4.98 Å². The number of benzene rings is 1. The Hall–Kier alpha value is -3.66.